The summed E-state index contributed by atoms with van der Waals surface area (Å²) in [5.41, 5.74) is 1.85. The molecule has 13 heteroatoms. The predicted molar refractivity (Wildman–Crippen MR) is 131 cm³/mol. The first kappa shape index (κ1) is 26.8. The van der Waals surface area contributed by atoms with E-state index in [1.807, 2.05) is 24.3 Å². The SMILES string of the molecule is O=C(N[C@@H]1CCO[C@]12O[C@H](CO)[C@H](O)[C@H](n1cc(-c3cc(F)c(F)c(F)c3)nn1)[C@H]2O)C1CCc2ccccc21. The lowest BCUT2D eigenvalue weighted by molar-refractivity contribution is -0.345. The number of carbonyl (C=O) groups excluding carboxylic acids is 1. The molecule has 40 heavy (non-hydrogen) atoms. The Balaban J connectivity index is 1.29. The van der Waals surface area contributed by atoms with Crippen molar-refractivity contribution in [2.24, 2.45) is 0 Å². The first-order valence-corrected chi connectivity index (χ1v) is 13.0. The number of hydrogen-bond donors (Lipinski definition) is 4. The molecule has 1 unspecified atom stereocenters. The Hall–Kier alpha value is -3.36. The second-order valence-electron chi connectivity index (χ2n) is 10.3. The molecule has 3 heterocycles. The standard InChI is InChI=1S/C27H27F3N4O6/c28-17-9-14(10-18(29)22(17)30)19-11-34(33-32-19)23-24(36)20(12-35)40-27(25(23)37)21(7-8-39-27)31-26(38)16-6-5-13-3-1-2-4-15(13)16/h1-4,9-11,16,20-21,23-25,35-37H,5-8,12H2,(H,31,38)/t16?,20-,21-,23+,24+,25-,27+/m1/s1. The molecular formula is C27H27F3N4O6. The lowest BCUT2D eigenvalue weighted by atomic mass is 9.86. The summed E-state index contributed by atoms with van der Waals surface area (Å²) in [6.45, 7) is -0.539. The molecule has 1 aliphatic carbocycles. The second kappa shape index (κ2) is 10.2. The van der Waals surface area contributed by atoms with E-state index >= 15 is 0 Å². The maximum Gasteiger partial charge on any atom is 0.227 e. The van der Waals surface area contributed by atoms with Crippen LogP contribution in [0.2, 0.25) is 0 Å². The zero-order valence-corrected chi connectivity index (χ0v) is 21.1. The lowest BCUT2D eigenvalue weighted by Gasteiger charge is -2.49. The van der Waals surface area contributed by atoms with E-state index in [0.29, 0.717) is 6.42 Å². The molecule has 6 rings (SSSR count). The Kier molecular flexibility index (Phi) is 6.87. The molecule has 1 spiro atoms. The molecule has 212 valence electrons. The summed E-state index contributed by atoms with van der Waals surface area (Å²) in [4.78, 5) is 13.4. The monoisotopic (exact) mass is 560 g/mol. The predicted octanol–water partition coefficient (Wildman–Crippen LogP) is 1.35. The summed E-state index contributed by atoms with van der Waals surface area (Å²) in [6, 6.07) is 7.04. The summed E-state index contributed by atoms with van der Waals surface area (Å²) in [5, 5.41) is 43.3. The summed E-state index contributed by atoms with van der Waals surface area (Å²) in [5.74, 6) is -6.96. The molecule has 1 amide bonds. The fourth-order valence-corrected chi connectivity index (χ4v) is 6.05. The van der Waals surface area contributed by atoms with Crippen molar-refractivity contribution in [2.75, 3.05) is 13.2 Å². The Morgan fingerprint density at radius 3 is 2.65 bits per heavy atom. The average molecular weight is 561 g/mol. The number of benzene rings is 2. The van der Waals surface area contributed by atoms with Crippen LogP contribution in [0, 0.1) is 17.5 Å². The van der Waals surface area contributed by atoms with Gasteiger partial charge >= 0.3 is 0 Å². The Bertz CT molecular complexity index is 1420. The van der Waals surface area contributed by atoms with Crippen molar-refractivity contribution in [2.45, 2.75) is 61.4 Å². The van der Waals surface area contributed by atoms with Crippen molar-refractivity contribution in [3.63, 3.8) is 0 Å². The number of amides is 1. The van der Waals surface area contributed by atoms with Gasteiger partial charge in [-0.25, -0.2) is 17.9 Å². The number of aliphatic hydroxyl groups excluding tert-OH is 3. The van der Waals surface area contributed by atoms with Crippen LogP contribution >= 0.6 is 0 Å². The van der Waals surface area contributed by atoms with Crippen LogP contribution in [0.4, 0.5) is 13.2 Å². The fourth-order valence-electron chi connectivity index (χ4n) is 6.05. The van der Waals surface area contributed by atoms with Gasteiger partial charge in [0.05, 0.1) is 31.4 Å². The molecule has 2 saturated heterocycles. The van der Waals surface area contributed by atoms with Crippen LogP contribution in [0.1, 0.15) is 35.9 Å². The van der Waals surface area contributed by atoms with Gasteiger partial charge in [0.1, 0.15) is 30.0 Å². The highest BCUT2D eigenvalue weighted by Gasteiger charge is 2.62. The number of fused-ring (bicyclic) bond motifs is 1. The van der Waals surface area contributed by atoms with E-state index < -0.39 is 60.2 Å². The number of rotatable bonds is 5. The van der Waals surface area contributed by atoms with Crippen molar-refractivity contribution in [3.05, 3.63) is 71.2 Å². The average Bonchev–Trinajstić information content (AvgIpc) is 3.69. The number of aromatic nitrogens is 3. The number of aliphatic hydroxyl groups is 3. The van der Waals surface area contributed by atoms with Crippen molar-refractivity contribution in [3.8, 4) is 11.3 Å². The summed E-state index contributed by atoms with van der Waals surface area (Å²) >= 11 is 0. The summed E-state index contributed by atoms with van der Waals surface area (Å²) in [7, 11) is 0. The Labute approximate surface area is 226 Å². The van der Waals surface area contributed by atoms with Gasteiger partial charge < -0.3 is 30.1 Å². The van der Waals surface area contributed by atoms with Gasteiger partial charge in [-0.15, -0.1) is 5.10 Å². The molecular weight excluding hydrogens is 533 g/mol. The van der Waals surface area contributed by atoms with Gasteiger partial charge in [0.15, 0.2) is 17.5 Å². The topological polar surface area (TPSA) is 139 Å². The first-order chi connectivity index (χ1) is 19.2. The number of aryl methyl sites for hydroxylation is 1. The molecule has 2 fully saturated rings. The molecule has 4 N–H and O–H groups in total. The number of nitrogens with zero attached hydrogens (tertiary/aromatic N) is 3. The van der Waals surface area contributed by atoms with Crippen LogP contribution in [-0.2, 0) is 20.7 Å². The number of halogens is 3. The number of hydrogen-bond acceptors (Lipinski definition) is 8. The van der Waals surface area contributed by atoms with Crippen LogP contribution in [0.25, 0.3) is 11.3 Å². The third kappa shape index (κ3) is 4.29. The molecule has 2 aromatic carbocycles. The Morgan fingerprint density at radius 2 is 1.90 bits per heavy atom. The van der Waals surface area contributed by atoms with Crippen molar-refractivity contribution >= 4 is 5.91 Å². The zero-order chi connectivity index (χ0) is 28.2. The van der Waals surface area contributed by atoms with Gasteiger partial charge in [0, 0.05) is 5.56 Å². The van der Waals surface area contributed by atoms with Gasteiger partial charge in [0.2, 0.25) is 11.7 Å². The van der Waals surface area contributed by atoms with Crippen LogP contribution in [-0.4, -0.2) is 79.6 Å². The summed E-state index contributed by atoms with van der Waals surface area (Å²) < 4.78 is 54.0. The van der Waals surface area contributed by atoms with Gasteiger partial charge in [-0.05, 0) is 42.5 Å². The number of ether oxygens (including phenoxy) is 2. The quantitative estimate of drug-likeness (QED) is 0.343. The molecule has 2 aliphatic heterocycles. The van der Waals surface area contributed by atoms with Crippen molar-refractivity contribution < 1.29 is 42.8 Å². The van der Waals surface area contributed by atoms with E-state index in [1.54, 1.807) is 0 Å². The van der Waals surface area contributed by atoms with E-state index in [0.717, 1.165) is 34.4 Å². The van der Waals surface area contributed by atoms with Crippen molar-refractivity contribution in [1.82, 2.24) is 20.3 Å². The molecule has 0 radical (unpaired) electrons. The lowest BCUT2D eigenvalue weighted by Crippen LogP contribution is -2.69. The van der Waals surface area contributed by atoms with Crippen LogP contribution in [0.15, 0.2) is 42.6 Å². The smallest absolute Gasteiger partial charge is 0.227 e. The van der Waals surface area contributed by atoms with Crippen LogP contribution < -0.4 is 5.32 Å². The maximum atomic E-state index is 13.8. The summed E-state index contributed by atoms with van der Waals surface area (Å²) in [6.07, 6.45) is -1.48. The molecule has 0 bridgehead atoms. The highest BCUT2D eigenvalue weighted by Crippen LogP contribution is 2.44. The molecule has 7 atom stereocenters. The zero-order valence-electron chi connectivity index (χ0n) is 21.1. The highest BCUT2D eigenvalue weighted by molar-refractivity contribution is 5.85. The molecule has 10 nitrogen and oxygen atoms in total. The van der Waals surface area contributed by atoms with Crippen LogP contribution in [0.5, 0.6) is 0 Å². The van der Waals surface area contributed by atoms with E-state index in [9.17, 15) is 33.3 Å². The number of nitrogens with one attached hydrogen (secondary N) is 1. The Morgan fingerprint density at radius 1 is 1.15 bits per heavy atom. The first-order valence-electron chi connectivity index (χ1n) is 13.0. The minimum Gasteiger partial charge on any atom is -0.394 e. The molecule has 3 aromatic rings. The molecule has 3 aliphatic rings. The largest absolute Gasteiger partial charge is 0.394 e. The van der Waals surface area contributed by atoms with E-state index in [1.165, 1.54) is 6.20 Å². The third-order valence-electron chi connectivity index (χ3n) is 8.06. The normalized spacial score (nSPS) is 31.4. The van der Waals surface area contributed by atoms with E-state index in [-0.39, 0.29) is 36.1 Å². The van der Waals surface area contributed by atoms with Gasteiger partial charge in [-0.3, -0.25) is 4.79 Å². The minimum absolute atomic E-state index is 0.0598. The van der Waals surface area contributed by atoms with Gasteiger partial charge in [-0.1, -0.05) is 29.5 Å². The maximum absolute atomic E-state index is 13.8. The molecule has 0 saturated carbocycles. The molecule has 1 aromatic heterocycles. The highest BCUT2D eigenvalue weighted by atomic mass is 19.2. The second-order valence-corrected chi connectivity index (χ2v) is 10.3. The fraction of sp³-hybridized carbons (Fsp3) is 0.444. The van der Waals surface area contributed by atoms with Gasteiger partial charge in [-0.2, -0.15) is 0 Å². The minimum atomic E-state index is -1.84. The van der Waals surface area contributed by atoms with Crippen molar-refractivity contribution in [1.29, 1.82) is 0 Å². The number of carbonyl (C=O) groups is 1. The van der Waals surface area contributed by atoms with E-state index in [4.69, 9.17) is 9.47 Å². The van der Waals surface area contributed by atoms with E-state index in [2.05, 4.69) is 15.6 Å². The third-order valence-corrected chi connectivity index (χ3v) is 8.06. The van der Waals surface area contributed by atoms with Gasteiger partial charge in [0.25, 0.3) is 0 Å². The van der Waals surface area contributed by atoms with Crippen LogP contribution in [0.3, 0.4) is 0 Å².